The van der Waals surface area contributed by atoms with Crippen LogP contribution in [0.15, 0.2) is 12.4 Å². The van der Waals surface area contributed by atoms with Crippen LogP contribution in [0.2, 0.25) is 0 Å². The summed E-state index contributed by atoms with van der Waals surface area (Å²) in [6.45, 7) is 15.3. The second kappa shape index (κ2) is 5.63. The Hall–Kier alpha value is -1.34. The largest absolute Gasteiger partial charge is 0.498 e. The molecule has 0 radical (unpaired) electrons. The quantitative estimate of drug-likeness (QED) is 0.630. The third-order valence-corrected chi connectivity index (χ3v) is 4.29. The SMILES string of the molecule is CC(C(=O)OC(C)(C)C)n1cc(B2OC(C)(C)C(C)(C)O2)cn1. The molecule has 1 saturated heterocycles. The molecule has 0 aliphatic carbocycles. The van der Waals surface area contributed by atoms with Gasteiger partial charge in [-0.3, -0.25) is 4.68 Å². The molecule has 0 bridgehead atoms. The Kier molecular flexibility index (Phi) is 4.41. The average Bonchev–Trinajstić information content (AvgIpc) is 2.90. The van der Waals surface area contributed by atoms with Crippen LogP contribution >= 0.6 is 0 Å². The number of hydrogen-bond acceptors (Lipinski definition) is 5. The van der Waals surface area contributed by atoms with E-state index < -0.39 is 30.0 Å². The predicted molar refractivity (Wildman–Crippen MR) is 88.5 cm³/mol. The first kappa shape index (κ1) is 18.0. The zero-order valence-electron chi connectivity index (χ0n) is 15.3. The van der Waals surface area contributed by atoms with Crippen LogP contribution in [0.5, 0.6) is 0 Å². The minimum absolute atomic E-state index is 0.318. The maximum atomic E-state index is 12.2. The van der Waals surface area contributed by atoms with Crippen molar-refractivity contribution < 1.29 is 18.8 Å². The fourth-order valence-electron chi connectivity index (χ4n) is 2.16. The minimum Gasteiger partial charge on any atom is -0.458 e. The molecule has 1 aromatic rings. The lowest BCUT2D eigenvalue weighted by molar-refractivity contribution is -0.158. The summed E-state index contributed by atoms with van der Waals surface area (Å²) in [7, 11) is -0.486. The van der Waals surface area contributed by atoms with Crippen molar-refractivity contribution in [2.24, 2.45) is 0 Å². The number of carbonyl (C=O) groups is 1. The number of aromatic nitrogens is 2. The van der Waals surface area contributed by atoms with Gasteiger partial charge in [-0.2, -0.15) is 5.10 Å². The van der Waals surface area contributed by atoms with E-state index in [-0.39, 0.29) is 5.97 Å². The van der Waals surface area contributed by atoms with Crippen molar-refractivity contribution in [3.05, 3.63) is 12.4 Å². The molecule has 2 rings (SSSR count). The van der Waals surface area contributed by atoms with E-state index >= 15 is 0 Å². The first-order chi connectivity index (χ1) is 10.3. The first-order valence-electron chi connectivity index (χ1n) is 7.95. The number of ether oxygens (including phenoxy) is 1. The molecule has 128 valence electrons. The minimum atomic E-state index is -0.521. The lowest BCUT2D eigenvalue weighted by Crippen LogP contribution is -2.41. The summed E-state index contributed by atoms with van der Waals surface area (Å²) < 4.78 is 19.0. The number of esters is 1. The average molecular weight is 322 g/mol. The zero-order chi connectivity index (χ0) is 17.6. The van der Waals surface area contributed by atoms with Crippen LogP contribution in [0.3, 0.4) is 0 Å². The second-order valence-electron chi connectivity index (χ2n) is 8.05. The van der Waals surface area contributed by atoms with Gasteiger partial charge < -0.3 is 14.0 Å². The van der Waals surface area contributed by atoms with E-state index in [4.69, 9.17) is 14.0 Å². The Labute approximate surface area is 138 Å². The molecular formula is C16H27BN2O4. The number of hydrogen-bond donors (Lipinski definition) is 0. The third-order valence-electron chi connectivity index (χ3n) is 4.29. The molecule has 1 atom stereocenters. The van der Waals surface area contributed by atoms with Crippen molar-refractivity contribution in [3.8, 4) is 0 Å². The topological polar surface area (TPSA) is 62.6 Å². The number of carbonyl (C=O) groups excluding carboxylic acids is 1. The fraction of sp³-hybridized carbons (Fsp3) is 0.750. The van der Waals surface area contributed by atoms with Crippen molar-refractivity contribution in [2.45, 2.75) is 78.2 Å². The van der Waals surface area contributed by atoms with E-state index in [0.29, 0.717) is 0 Å². The van der Waals surface area contributed by atoms with Gasteiger partial charge in [-0.15, -0.1) is 0 Å². The van der Waals surface area contributed by atoms with Crippen LogP contribution in [0.25, 0.3) is 0 Å². The second-order valence-corrected chi connectivity index (χ2v) is 8.05. The third kappa shape index (κ3) is 3.78. The zero-order valence-corrected chi connectivity index (χ0v) is 15.3. The van der Waals surface area contributed by atoms with E-state index in [0.717, 1.165) is 5.46 Å². The van der Waals surface area contributed by atoms with Crippen molar-refractivity contribution in [1.82, 2.24) is 9.78 Å². The van der Waals surface area contributed by atoms with Crippen LogP contribution in [-0.2, 0) is 18.8 Å². The highest BCUT2D eigenvalue weighted by molar-refractivity contribution is 6.62. The number of rotatable bonds is 3. The van der Waals surface area contributed by atoms with Gasteiger partial charge in [0.15, 0.2) is 0 Å². The highest BCUT2D eigenvalue weighted by Gasteiger charge is 2.52. The van der Waals surface area contributed by atoms with Gasteiger partial charge in [0, 0.05) is 17.9 Å². The van der Waals surface area contributed by atoms with E-state index in [1.807, 2.05) is 48.5 Å². The molecule has 6 nitrogen and oxygen atoms in total. The smallest absolute Gasteiger partial charge is 0.458 e. The van der Waals surface area contributed by atoms with E-state index in [1.54, 1.807) is 24.0 Å². The first-order valence-corrected chi connectivity index (χ1v) is 7.95. The van der Waals surface area contributed by atoms with Gasteiger partial charge in [0.25, 0.3) is 0 Å². The molecular weight excluding hydrogens is 295 g/mol. The summed E-state index contributed by atoms with van der Waals surface area (Å²) in [5.74, 6) is -0.318. The van der Waals surface area contributed by atoms with Crippen molar-refractivity contribution in [2.75, 3.05) is 0 Å². The standard InChI is InChI=1S/C16H27BN2O4/c1-11(13(20)21-14(2,3)4)19-10-12(9-18-19)17-22-15(5,6)16(7,8)23-17/h9-11H,1-8H3. The van der Waals surface area contributed by atoms with Gasteiger partial charge in [-0.1, -0.05) is 0 Å². The van der Waals surface area contributed by atoms with Gasteiger partial charge in [0.1, 0.15) is 11.6 Å². The lowest BCUT2D eigenvalue weighted by atomic mass is 9.82. The maximum Gasteiger partial charge on any atom is 0.498 e. The Morgan fingerprint density at radius 1 is 1.26 bits per heavy atom. The van der Waals surface area contributed by atoms with Gasteiger partial charge in [-0.05, 0) is 55.4 Å². The molecule has 1 fully saturated rings. The van der Waals surface area contributed by atoms with E-state index in [1.165, 1.54) is 0 Å². The molecule has 23 heavy (non-hydrogen) atoms. The highest BCUT2D eigenvalue weighted by atomic mass is 16.7. The van der Waals surface area contributed by atoms with Crippen molar-refractivity contribution in [1.29, 1.82) is 0 Å². The Balaban J connectivity index is 2.11. The molecule has 1 aliphatic rings. The van der Waals surface area contributed by atoms with Crippen LogP contribution < -0.4 is 5.46 Å². The van der Waals surface area contributed by atoms with Crippen molar-refractivity contribution >= 4 is 18.6 Å². The van der Waals surface area contributed by atoms with E-state index in [9.17, 15) is 4.79 Å². The highest BCUT2D eigenvalue weighted by Crippen LogP contribution is 2.36. The van der Waals surface area contributed by atoms with Gasteiger partial charge >= 0.3 is 13.1 Å². The summed E-state index contributed by atoms with van der Waals surface area (Å²) in [6.07, 6.45) is 3.44. The molecule has 0 saturated carbocycles. The molecule has 1 unspecified atom stereocenters. The monoisotopic (exact) mass is 322 g/mol. The van der Waals surface area contributed by atoms with Gasteiger partial charge in [-0.25, -0.2) is 4.79 Å². The van der Waals surface area contributed by atoms with Gasteiger partial charge in [0.05, 0.1) is 11.2 Å². The summed E-state index contributed by atoms with van der Waals surface area (Å²) >= 11 is 0. The molecule has 0 aromatic carbocycles. The molecule has 1 aromatic heterocycles. The van der Waals surface area contributed by atoms with Gasteiger partial charge in [0.2, 0.25) is 0 Å². The Morgan fingerprint density at radius 3 is 2.26 bits per heavy atom. The molecule has 2 heterocycles. The molecule has 1 aliphatic heterocycles. The molecule has 0 amide bonds. The molecule has 7 heteroatoms. The normalized spacial score (nSPS) is 21.3. The molecule has 0 N–H and O–H groups in total. The van der Waals surface area contributed by atoms with Crippen LogP contribution in [-0.4, -0.2) is 39.7 Å². The van der Waals surface area contributed by atoms with Crippen LogP contribution in [0.1, 0.15) is 61.4 Å². The molecule has 0 spiro atoms. The number of nitrogens with zero attached hydrogens (tertiary/aromatic N) is 2. The maximum absolute atomic E-state index is 12.2. The predicted octanol–water partition coefficient (Wildman–Crippen LogP) is 2.08. The lowest BCUT2D eigenvalue weighted by Gasteiger charge is -2.32. The Bertz CT molecular complexity index is 573. The fourth-order valence-corrected chi connectivity index (χ4v) is 2.16. The van der Waals surface area contributed by atoms with Crippen LogP contribution in [0.4, 0.5) is 0 Å². The summed E-state index contributed by atoms with van der Waals surface area (Å²) in [5.41, 5.74) is -0.542. The van der Waals surface area contributed by atoms with Crippen LogP contribution in [0, 0.1) is 0 Å². The van der Waals surface area contributed by atoms with Crippen molar-refractivity contribution in [3.63, 3.8) is 0 Å². The summed E-state index contributed by atoms with van der Waals surface area (Å²) in [4.78, 5) is 12.2. The Morgan fingerprint density at radius 2 is 1.78 bits per heavy atom. The summed E-state index contributed by atoms with van der Waals surface area (Å²) in [5, 5.41) is 4.26. The van der Waals surface area contributed by atoms with E-state index in [2.05, 4.69) is 5.10 Å². The summed E-state index contributed by atoms with van der Waals surface area (Å²) in [6, 6.07) is -0.509.